The highest BCUT2D eigenvalue weighted by Gasteiger charge is 2.34. The Hall–Kier alpha value is -3.92. The van der Waals surface area contributed by atoms with E-state index in [2.05, 4.69) is 15.2 Å². The van der Waals surface area contributed by atoms with Gasteiger partial charge in [-0.15, -0.1) is 11.3 Å². The fraction of sp³-hybridized carbons (Fsp3) is 0.357. The van der Waals surface area contributed by atoms with E-state index in [0.29, 0.717) is 29.5 Å². The number of thiazole rings is 1. The summed E-state index contributed by atoms with van der Waals surface area (Å²) in [5.74, 6) is 0.413. The number of ether oxygens (including phenoxy) is 1. The number of benzene rings is 2. The van der Waals surface area contributed by atoms with Crippen molar-refractivity contribution in [2.45, 2.75) is 25.3 Å². The Kier molecular flexibility index (Phi) is 7.88. The Morgan fingerprint density at radius 3 is 2.45 bits per heavy atom. The average molecular weight is 534 g/mol. The van der Waals surface area contributed by atoms with Crippen molar-refractivity contribution >= 4 is 39.9 Å². The number of nitrogens with zero attached hydrogens (tertiary/aromatic N) is 4. The van der Waals surface area contributed by atoms with E-state index in [1.54, 1.807) is 29.5 Å². The van der Waals surface area contributed by atoms with Crippen molar-refractivity contribution in [3.8, 4) is 5.75 Å². The lowest BCUT2D eigenvalue weighted by Gasteiger charge is -2.36. The summed E-state index contributed by atoms with van der Waals surface area (Å²) in [5, 5.41) is 5.03. The molecule has 1 aliphatic carbocycles. The molecule has 0 radical (unpaired) electrons. The van der Waals surface area contributed by atoms with Gasteiger partial charge in [-0.25, -0.2) is 4.98 Å². The number of amides is 3. The molecule has 1 aliphatic heterocycles. The third-order valence-electron chi connectivity index (χ3n) is 6.77. The number of hydrogen-bond acceptors (Lipinski definition) is 7. The van der Waals surface area contributed by atoms with Crippen LogP contribution in [0.5, 0.6) is 5.75 Å². The Bertz CT molecular complexity index is 1290. The lowest BCUT2D eigenvalue weighted by Crippen LogP contribution is -2.49. The number of aromatic nitrogens is 1. The van der Waals surface area contributed by atoms with E-state index >= 15 is 0 Å². The summed E-state index contributed by atoms with van der Waals surface area (Å²) in [6.45, 7) is 2.67. The van der Waals surface area contributed by atoms with Gasteiger partial charge in [0.15, 0.2) is 5.13 Å². The Morgan fingerprint density at radius 1 is 1.03 bits per heavy atom. The van der Waals surface area contributed by atoms with Gasteiger partial charge in [-0.2, -0.15) is 0 Å². The summed E-state index contributed by atoms with van der Waals surface area (Å²) in [6, 6.07) is 17.0. The molecule has 1 saturated carbocycles. The normalized spacial score (nSPS) is 15.2. The predicted octanol–water partition coefficient (Wildman–Crippen LogP) is 3.29. The first-order valence-electron chi connectivity index (χ1n) is 12.8. The molecule has 0 unspecified atom stereocenters. The second-order valence-electron chi connectivity index (χ2n) is 9.44. The molecule has 1 aromatic heterocycles. The van der Waals surface area contributed by atoms with E-state index in [1.165, 1.54) is 11.3 Å². The van der Waals surface area contributed by atoms with Crippen molar-refractivity contribution < 1.29 is 19.1 Å². The standard InChI is InChI=1S/C28H31N5O4S/c1-37-24-10-6-5-9-23(24)31-13-15-32(16-14-31)26(35)17-21-19-38-28(29-21)30-25(34)18-33(22-11-12-22)27(36)20-7-3-2-4-8-20/h2-10,19,22H,11-18H2,1H3,(H,29,30,34). The zero-order chi connectivity index (χ0) is 26.5. The van der Waals surface area contributed by atoms with E-state index in [-0.39, 0.29) is 36.7 Å². The van der Waals surface area contributed by atoms with E-state index < -0.39 is 0 Å². The van der Waals surface area contributed by atoms with Crippen molar-refractivity contribution in [3.05, 3.63) is 71.2 Å². The molecule has 0 atom stereocenters. The lowest BCUT2D eigenvalue weighted by molar-refractivity contribution is -0.130. The SMILES string of the molecule is COc1ccccc1N1CCN(C(=O)Cc2csc(NC(=O)CN(C(=O)c3ccccc3)C3CC3)n2)CC1. The summed E-state index contributed by atoms with van der Waals surface area (Å²) in [5.41, 5.74) is 2.24. The molecule has 3 amide bonds. The highest BCUT2D eigenvalue weighted by molar-refractivity contribution is 7.13. The molecule has 38 heavy (non-hydrogen) atoms. The second kappa shape index (κ2) is 11.6. The average Bonchev–Trinajstić information content (AvgIpc) is 3.71. The van der Waals surface area contributed by atoms with E-state index in [0.717, 1.165) is 37.4 Å². The van der Waals surface area contributed by atoms with Crippen LogP contribution >= 0.6 is 11.3 Å². The summed E-state index contributed by atoms with van der Waals surface area (Å²) in [4.78, 5) is 48.7. The van der Waals surface area contributed by atoms with Crippen LogP contribution in [0.1, 0.15) is 28.9 Å². The van der Waals surface area contributed by atoms with Crippen molar-refractivity contribution in [1.29, 1.82) is 0 Å². The quantitative estimate of drug-likeness (QED) is 0.454. The number of nitrogens with one attached hydrogen (secondary N) is 1. The molecule has 3 aromatic rings. The molecule has 2 aromatic carbocycles. The highest BCUT2D eigenvalue weighted by atomic mass is 32.1. The van der Waals surface area contributed by atoms with Crippen LogP contribution in [0.15, 0.2) is 60.0 Å². The molecule has 1 saturated heterocycles. The van der Waals surface area contributed by atoms with Gasteiger partial charge in [0.1, 0.15) is 12.3 Å². The molecule has 0 bridgehead atoms. The summed E-state index contributed by atoms with van der Waals surface area (Å²) in [6.07, 6.45) is 1.99. The van der Waals surface area contributed by atoms with E-state index in [4.69, 9.17) is 4.74 Å². The van der Waals surface area contributed by atoms with Gasteiger partial charge in [-0.3, -0.25) is 14.4 Å². The zero-order valence-corrected chi connectivity index (χ0v) is 22.2. The molecular weight excluding hydrogens is 502 g/mol. The number of anilines is 2. The van der Waals surface area contributed by atoms with Crippen molar-refractivity contribution in [1.82, 2.24) is 14.8 Å². The minimum Gasteiger partial charge on any atom is -0.495 e. The molecular formula is C28H31N5O4S. The third-order valence-corrected chi connectivity index (χ3v) is 7.58. The molecule has 2 heterocycles. The Labute approximate surface area is 226 Å². The predicted molar refractivity (Wildman–Crippen MR) is 147 cm³/mol. The maximum Gasteiger partial charge on any atom is 0.254 e. The first kappa shape index (κ1) is 25.7. The summed E-state index contributed by atoms with van der Waals surface area (Å²) < 4.78 is 5.47. The van der Waals surface area contributed by atoms with Crippen LogP contribution in [0, 0.1) is 0 Å². The Morgan fingerprint density at radius 2 is 1.74 bits per heavy atom. The first-order valence-corrected chi connectivity index (χ1v) is 13.7. The molecule has 1 N–H and O–H groups in total. The highest BCUT2D eigenvalue weighted by Crippen LogP contribution is 2.29. The van der Waals surface area contributed by atoms with Crippen LogP contribution in [0.2, 0.25) is 0 Å². The van der Waals surface area contributed by atoms with Crippen LogP contribution in [-0.2, 0) is 16.0 Å². The van der Waals surface area contributed by atoms with E-state index in [1.807, 2.05) is 47.4 Å². The second-order valence-corrected chi connectivity index (χ2v) is 10.3. The van der Waals surface area contributed by atoms with Gasteiger partial charge in [0.25, 0.3) is 5.91 Å². The molecule has 5 rings (SSSR count). The minimum atomic E-state index is -0.291. The zero-order valence-electron chi connectivity index (χ0n) is 21.3. The first-order chi connectivity index (χ1) is 18.5. The monoisotopic (exact) mass is 533 g/mol. The van der Waals surface area contributed by atoms with Crippen LogP contribution < -0.4 is 15.0 Å². The number of para-hydroxylation sites is 2. The van der Waals surface area contributed by atoms with Crippen LogP contribution in [0.3, 0.4) is 0 Å². The fourth-order valence-corrected chi connectivity index (χ4v) is 5.34. The fourth-order valence-electron chi connectivity index (χ4n) is 4.61. The minimum absolute atomic E-state index is 0.0150. The molecule has 10 heteroatoms. The van der Waals surface area contributed by atoms with Crippen LogP contribution in [-0.4, -0.2) is 78.4 Å². The van der Waals surface area contributed by atoms with Gasteiger partial charge < -0.3 is 24.8 Å². The molecule has 0 spiro atoms. The smallest absolute Gasteiger partial charge is 0.254 e. The van der Waals surface area contributed by atoms with Crippen LogP contribution in [0.4, 0.5) is 10.8 Å². The van der Waals surface area contributed by atoms with Crippen molar-refractivity contribution in [2.75, 3.05) is 50.1 Å². The van der Waals surface area contributed by atoms with Crippen molar-refractivity contribution in [3.63, 3.8) is 0 Å². The number of piperazine rings is 1. The molecule has 9 nitrogen and oxygen atoms in total. The van der Waals surface area contributed by atoms with Gasteiger partial charge in [0.05, 0.1) is 24.9 Å². The van der Waals surface area contributed by atoms with Crippen molar-refractivity contribution in [2.24, 2.45) is 0 Å². The summed E-state index contributed by atoms with van der Waals surface area (Å²) in [7, 11) is 1.66. The number of carbonyl (C=O) groups excluding carboxylic acids is 3. The lowest BCUT2D eigenvalue weighted by atomic mass is 10.2. The van der Waals surface area contributed by atoms with Crippen LogP contribution in [0.25, 0.3) is 0 Å². The van der Waals surface area contributed by atoms with Gasteiger partial charge in [0.2, 0.25) is 11.8 Å². The number of hydrogen-bond donors (Lipinski definition) is 1. The maximum atomic E-state index is 12.9. The topological polar surface area (TPSA) is 95.1 Å². The van der Waals surface area contributed by atoms with Gasteiger partial charge in [0, 0.05) is 43.2 Å². The summed E-state index contributed by atoms with van der Waals surface area (Å²) >= 11 is 1.28. The largest absolute Gasteiger partial charge is 0.495 e. The molecule has 2 fully saturated rings. The van der Waals surface area contributed by atoms with Gasteiger partial charge >= 0.3 is 0 Å². The van der Waals surface area contributed by atoms with Gasteiger partial charge in [-0.05, 0) is 37.1 Å². The Balaban J connectivity index is 1.11. The number of methoxy groups -OCH3 is 1. The third kappa shape index (κ3) is 6.13. The van der Waals surface area contributed by atoms with Gasteiger partial charge in [-0.1, -0.05) is 30.3 Å². The molecule has 198 valence electrons. The molecule has 2 aliphatic rings. The number of carbonyl (C=O) groups is 3. The van der Waals surface area contributed by atoms with E-state index in [9.17, 15) is 14.4 Å². The maximum absolute atomic E-state index is 12.9. The number of rotatable bonds is 9.